The van der Waals surface area contributed by atoms with Gasteiger partial charge in [-0.2, -0.15) is 0 Å². The number of halogens is 1. The van der Waals surface area contributed by atoms with Crippen molar-refractivity contribution < 1.29 is 4.39 Å². The van der Waals surface area contributed by atoms with Gasteiger partial charge in [-0.05, 0) is 37.1 Å². The van der Waals surface area contributed by atoms with E-state index < -0.39 is 0 Å². The molecule has 120 valence electrons. The predicted octanol–water partition coefficient (Wildman–Crippen LogP) is 5.49. The van der Waals surface area contributed by atoms with Gasteiger partial charge in [0, 0.05) is 6.04 Å². The molecule has 0 radical (unpaired) electrons. The minimum Gasteiger partial charge on any atom is -0.314 e. The van der Waals surface area contributed by atoms with Crippen LogP contribution in [0.1, 0.15) is 70.8 Å². The van der Waals surface area contributed by atoms with Crippen molar-refractivity contribution in [3.05, 3.63) is 35.6 Å². The zero-order valence-electron chi connectivity index (χ0n) is 13.8. The zero-order chi connectivity index (χ0) is 15.3. The van der Waals surface area contributed by atoms with E-state index in [4.69, 9.17) is 0 Å². The van der Waals surface area contributed by atoms with Gasteiger partial charge in [-0.1, -0.05) is 70.9 Å². The lowest BCUT2D eigenvalue weighted by atomic mass is 9.99. The highest BCUT2D eigenvalue weighted by Crippen LogP contribution is 2.13. The molecule has 21 heavy (non-hydrogen) atoms. The summed E-state index contributed by atoms with van der Waals surface area (Å²) in [4.78, 5) is 0. The summed E-state index contributed by atoms with van der Waals surface area (Å²) in [5, 5.41) is 3.54. The molecule has 0 saturated carbocycles. The van der Waals surface area contributed by atoms with Crippen LogP contribution in [0.25, 0.3) is 0 Å². The summed E-state index contributed by atoms with van der Waals surface area (Å²) >= 11 is 0. The van der Waals surface area contributed by atoms with Crippen LogP contribution in [-0.4, -0.2) is 12.6 Å². The maximum absolute atomic E-state index is 13.2. The Labute approximate surface area is 130 Å². The monoisotopic (exact) mass is 293 g/mol. The Morgan fingerprint density at radius 2 is 1.71 bits per heavy atom. The Morgan fingerprint density at radius 1 is 1.00 bits per heavy atom. The molecule has 0 amide bonds. The molecule has 0 aromatic heterocycles. The van der Waals surface area contributed by atoms with Gasteiger partial charge in [0.1, 0.15) is 5.82 Å². The number of hydrogen-bond acceptors (Lipinski definition) is 1. The van der Waals surface area contributed by atoms with Gasteiger partial charge < -0.3 is 5.32 Å². The third-order valence-corrected chi connectivity index (χ3v) is 4.02. The minimum absolute atomic E-state index is 0.126. The van der Waals surface area contributed by atoms with Gasteiger partial charge in [-0.3, -0.25) is 0 Å². The fourth-order valence-electron chi connectivity index (χ4n) is 2.86. The molecule has 1 nitrogen and oxygen atoms in total. The van der Waals surface area contributed by atoms with Gasteiger partial charge in [0.25, 0.3) is 0 Å². The van der Waals surface area contributed by atoms with E-state index >= 15 is 0 Å². The fourth-order valence-corrected chi connectivity index (χ4v) is 2.86. The van der Waals surface area contributed by atoms with E-state index in [9.17, 15) is 4.39 Å². The molecule has 1 aromatic carbocycles. The van der Waals surface area contributed by atoms with Crippen molar-refractivity contribution in [1.29, 1.82) is 0 Å². The second-order valence-corrected chi connectivity index (χ2v) is 6.00. The minimum atomic E-state index is -0.126. The largest absolute Gasteiger partial charge is 0.314 e. The zero-order valence-corrected chi connectivity index (χ0v) is 13.8. The number of rotatable bonds is 12. The van der Waals surface area contributed by atoms with Crippen LogP contribution in [0.4, 0.5) is 4.39 Å². The number of unbranched alkanes of at least 4 members (excludes halogenated alkanes) is 6. The normalized spacial score (nSPS) is 12.5. The highest BCUT2D eigenvalue weighted by Gasteiger charge is 2.08. The van der Waals surface area contributed by atoms with Crippen molar-refractivity contribution in [2.45, 2.75) is 77.7 Å². The van der Waals surface area contributed by atoms with E-state index in [0.717, 1.165) is 18.5 Å². The van der Waals surface area contributed by atoms with Crippen molar-refractivity contribution in [3.8, 4) is 0 Å². The predicted molar refractivity (Wildman–Crippen MR) is 90.2 cm³/mol. The number of likely N-dealkylation sites (N-methyl/N-ethyl adjacent to an activating group) is 1. The van der Waals surface area contributed by atoms with Crippen LogP contribution in [0.15, 0.2) is 24.3 Å². The van der Waals surface area contributed by atoms with E-state index in [-0.39, 0.29) is 5.82 Å². The molecule has 0 heterocycles. The van der Waals surface area contributed by atoms with Gasteiger partial charge in [0.2, 0.25) is 0 Å². The Balaban J connectivity index is 2.23. The van der Waals surface area contributed by atoms with Gasteiger partial charge in [0.15, 0.2) is 0 Å². The maximum Gasteiger partial charge on any atom is 0.123 e. The lowest BCUT2D eigenvalue weighted by Gasteiger charge is -2.18. The molecule has 0 saturated heterocycles. The second-order valence-electron chi connectivity index (χ2n) is 6.00. The highest BCUT2D eigenvalue weighted by molar-refractivity contribution is 5.17. The summed E-state index contributed by atoms with van der Waals surface area (Å²) in [5.74, 6) is -0.126. The summed E-state index contributed by atoms with van der Waals surface area (Å²) in [6.45, 7) is 5.38. The highest BCUT2D eigenvalue weighted by atomic mass is 19.1. The van der Waals surface area contributed by atoms with Crippen LogP contribution >= 0.6 is 0 Å². The van der Waals surface area contributed by atoms with E-state index in [0.29, 0.717) is 6.04 Å². The Hall–Kier alpha value is -0.890. The molecule has 1 unspecified atom stereocenters. The van der Waals surface area contributed by atoms with E-state index in [1.165, 1.54) is 57.4 Å². The molecule has 1 rings (SSSR count). The fraction of sp³-hybridized carbons (Fsp3) is 0.684. The molecule has 1 aromatic rings. The van der Waals surface area contributed by atoms with Crippen molar-refractivity contribution in [3.63, 3.8) is 0 Å². The summed E-state index contributed by atoms with van der Waals surface area (Å²) in [5.41, 5.74) is 1.10. The summed E-state index contributed by atoms with van der Waals surface area (Å²) < 4.78 is 13.2. The lowest BCUT2D eigenvalue weighted by molar-refractivity contribution is 0.458. The average molecular weight is 293 g/mol. The first kappa shape index (κ1) is 18.2. The van der Waals surface area contributed by atoms with Crippen molar-refractivity contribution >= 4 is 0 Å². The first-order valence-corrected chi connectivity index (χ1v) is 8.74. The van der Waals surface area contributed by atoms with Crippen molar-refractivity contribution in [2.24, 2.45) is 0 Å². The Morgan fingerprint density at radius 3 is 2.38 bits per heavy atom. The van der Waals surface area contributed by atoms with Crippen molar-refractivity contribution in [2.75, 3.05) is 6.54 Å². The summed E-state index contributed by atoms with van der Waals surface area (Å²) in [6, 6.07) is 7.49. The molecule has 0 spiro atoms. The van der Waals surface area contributed by atoms with E-state index in [1.807, 2.05) is 6.07 Å². The second kappa shape index (κ2) is 11.7. The van der Waals surface area contributed by atoms with Crippen LogP contribution in [-0.2, 0) is 6.42 Å². The average Bonchev–Trinajstić information content (AvgIpc) is 2.46. The van der Waals surface area contributed by atoms with Crippen LogP contribution in [0.5, 0.6) is 0 Å². The standard InChI is InChI=1S/C19H32FN/c1-3-5-6-7-8-9-10-14-19(21-4-2)16-17-12-11-13-18(20)15-17/h11-13,15,19,21H,3-10,14,16H2,1-2H3. The van der Waals surface area contributed by atoms with Gasteiger partial charge in [-0.25, -0.2) is 4.39 Å². The smallest absolute Gasteiger partial charge is 0.123 e. The molecule has 0 fully saturated rings. The molecule has 0 bridgehead atoms. The number of benzene rings is 1. The third kappa shape index (κ3) is 8.87. The van der Waals surface area contributed by atoms with E-state index in [2.05, 4.69) is 19.2 Å². The number of nitrogens with one attached hydrogen (secondary N) is 1. The molecule has 0 aliphatic heterocycles. The Kier molecular flexibility index (Phi) is 10.1. The quantitative estimate of drug-likeness (QED) is 0.503. The van der Waals surface area contributed by atoms with Crippen molar-refractivity contribution in [1.82, 2.24) is 5.32 Å². The molecule has 2 heteroatoms. The van der Waals surface area contributed by atoms with Crippen LogP contribution in [0.3, 0.4) is 0 Å². The van der Waals surface area contributed by atoms with Gasteiger partial charge in [-0.15, -0.1) is 0 Å². The lowest BCUT2D eigenvalue weighted by Crippen LogP contribution is -2.30. The molecule has 1 atom stereocenters. The summed E-state index contributed by atoms with van der Waals surface area (Å²) in [7, 11) is 0. The number of hydrogen-bond donors (Lipinski definition) is 1. The molecular weight excluding hydrogens is 261 g/mol. The molecule has 0 aliphatic carbocycles. The van der Waals surface area contributed by atoms with Gasteiger partial charge in [0.05, 0.1) is 0 Å². The van der Waals surface area contributed by atoms with Gasteiger partial charge >= 0.3 is 0 Å². The Bertz CT molecular complexity index is 364. The maximum atomic E-state index is 13.2. The molecule has 0 aliphatic rings. The topological polar surface area (TPSA) is 12.0 Å². The summed E-state index contributed by atoms with van der Waals surface area (Å²) in [6.07, 6.45) is 11.5. The van der Waals surface area contributed by atoms with Crippen LogP contribution < -0.4 is 5.32 Å². The van der Waals surface area contributed by atoms with E-state index in [1.54, 1.807) is 12.1 Å². The first-order chi connectivity index (χ1) is 10.3. The first-order valence-electron chi connectivity index (χ1n) is 8.74. The van der Waals surface area contributed by atoms with Crippen LogP contribution in [0.2, 0.25) is 0 Å². The van der Waals surface area contributed by atoms with Crippen LogP contribution in [0, 0.1) is 5.82 Å². The molecular formula is C19H32FN. The SMILES string of the molecule is CCCCCCCCCC(Cc1cccc(F)c1)NCC. The molecule has 1 N–H and O–H groups in total. The third-order valence-electron chi connectivity index (χ3n) is 4.02.